The molecule has 1 heterocycles. The number of nitrogens with one attached hydrogen (secondary N) is 1. The first-order chi connectivity index (χ1) is 22.4. The van der Waals surface area contributed by atoms with Gasteiger partial charge in [0.2, 0.25) is 5.91 Å². The Morgan fingerprint density at radius 2 is 1.41 bits per heavy atom. The molecule has 4 aromatic rings. The maximum atomic E-state index is 12.5. The van der Waals surface area contributed by atoms with E-state index in [1.165, 1.54) is 11.1 Å². The predicted octanol–water partition coefficient (Wildman–Crippen LogP) is 6.87. The molecule has 1 aliphatic rings. The van der Waals surface area contributed by atoms with Crippen molar-refractivity contribution in [1.29, 1.82) is 0 Å². The highest BCUT2D eigenvalue weighted by molar-refractivity contribution is 5.90. The molecule has 3 N–H and O–H groups in total. The summed E-state index contributed by atoms with van der Waals surface area (Å²) in [6.45, 7) is 4.30. The second kappa shape index (κ2) is 16.3. The predicted molar refractivity (Wildman–Crippen MR) is 177 cm³/mol. The van der Waals surface area contributed by atoms with Gasteiger partial charge in [-0.1, -0.05) is 104 Å². The molecule has 4 aromatic carbocycles. The number of hydrogen-bond acceptors (Lipinski definition) is 6. The van der Waals surface area contributed by atoms with E-state index < -0.39 is 12.3 Å². The van der Waals surface area contributed by atoms with Gasteiger partial charge in [0, 0.05) is 49.6 Å². The van der Waals surface area contributed by atoms with Crippen LogP contribution in [0, 0.1) is 5.92 Å². The number of carbonyl (C=O) groups is 2. The third-order valence-corrected chi connectivity index (χ3v) is 8.30. The highest BCUT2D eigenvalue weighted by atomic mass is 16.7. The van der Waals surface area contributed by atoms with Gasteiger partial charge in [0.15, 0.2) is 6.29 Å². The summed E-state index contributed by atoms with van der Waals surface area (Å²) in [7, 11) is 0. The van der Waals surface area contributed by atoms with Crippen molar-refractivity contribution in [2.24, 2.45) is 5.92 Å². The van der Waals surface area contributed by atoms with Crippen LogP contribution in [0.3, 0.4) is 0 Å². The van der Waals surface area contributed by atoms with Crippen LogP contribution in [-0.2, 0) is 38.8 Å². The summed E-state index contributed by atoms with van der Waals surface area (Å²) < 4.78 is 13.4. The van der Waals surface area contributed by atoms with Gasteiger partial charge in [-0.15, -0.1) is 0 Å². The minimum Gasteiger partial charge on any atom is -0.481 e. The Hall–Kier alpha value is -4.34. The van der Waals surface area contributed by atoms with Gasteiger partial charge in [0.25, 0.3) is 0 Å². The number of amides is 1. The molecule has 0 spiro atoms. The third-order valence-electron chi connectivity index (χ3n) is 8.30. The number of aliphatic hydroxyl groups is 1. The number of carboxylic acids is 1. The Labute approximate surface area is 270 Å². The zero-order chi connectivity index (χ0) is 32.3. The van der Waals surface area contributed by atoms with E-state index in [1.807, 2.05) is 54.6 Å². The molecule has 1 fully saturated rings. The lowest BCUT2D eigenvalue weighted by atomic mass is 9.89. The van der Waals surface area contributed by atoms with E-state index in [4.69, 9.17) is 14.6 Å². The molecule has 1 amide bonds. The number of carboxylic acid groups (broad SMARTS) is 1. The second-order valence-electron chi connectivity index (χ2n) is 11.9. The molecule has 0 bridgehead atoms. The second-order valence-corrected chi connectivity index (χ2v) is 11.9. The molecule has 0 aromatic heterocycles. The van der Waals surface area contributed by atoms with Crippen molar-refractivity contribution >= 4 is 17.6 Å². The maximum absolute atomic E-state index is 12.5. The van der Waals surface area contributed by atoms with Crippen molar-refractivity contribution in [1.82, 2.24) is 4.90 Å². The molecule has 4 atom stereocenters. The van der Waals surface area contributed by atoms with Crippen LogP contribution in [0.2, 0.25) is 0 Å². The lowest BCUT2D eigenvalue weighted by molar-refractivity contribution is -0.276. The van der Waals surface area contributed by atoms with Crippen molar-refractivity contribution < 1.29 is 29.3 Å². The topological polar surface area (TPSA) is 108 Å². The van der Waals surface area contributed by atoms with Crippen molar-refractivity contribution in [2.75, 3.05) is 11.9 Å². The minimum atomic E-state index is -0.920. The molecule has 0 saturated carbocycles. The van der Waals surface area contributed by atoms with Gasteiger partial charge in [-0.2, -0.15) is 0 Å². The molecular formula is C38H42N2O6. The summed E-state index contributed by atoms with van der Waals surface area (Å²) in [4.78, 5) is 25.8. The van der Waals surface area contributed by atoms with E-state index in [9.17, 15) is 14.7 Å². The first-order valence-corrected chi connectivity index (χ1v) is 15.8. The number of nitrogens with zero attached hydrogens (tertiary/aromatic N) is 1. The molecule has 0 radical (unpaired) electrons. The molecule has 8 heteroatoms. The number of anilines is 1. The smallest absolute Gasteiger partial charge is 0.303 e. The standard InChI is InChI=1S/C38H42N2O6/c1-27-34(25-40(23-28-10-4-2-5-11-28)24-29-12-6-3-7-13-29)45-38(46-37(27)31-20-18-30(26-41)19-21-31)32-14-8-15-33(22-32)39-35(42)16-9-17-36(43)44/h2-8,10-15,18-22,27,34,37-38,41H,9,16-17,23-26H2,1H3,(H,39,42)(H,43,44). The van der Waals surface area contributed by atoms with Crippen LogP contribution in [-0.4, -0.2) is 39.6 Å². The van der Waals surface area contributed by atoms with Gasteiger partial charge in [-0.05, 0) is 40.8 Å². The van der Waals surface area contributed by atoms with Gasteiger partial charge >= 0.3 is 5.97 Å². The highest BCUT2D eigenvalue weighted by Gasteiger charge is 2.39. The van der Waals surface area contributed by atoms with Crippen molar-refractivity contribution in [2.45, 2.75) is 64.4 Å². The van der Waals surface area contributed by atoms with Crippen LogP contribution < -0.4 is 5.32 Å². The molecular weight excluding hydrogens is 580 g/mol. The van der Waals surface area contributed by atoms with E-state index in [-0.39, 0.29) is 49.9 Å². The molecule has 0 aliphatic carbocycles. The Kier molecular flexibility index (Phi) is 11.7. The van der Waals surface area contributed by atoms with E-state index in [2.05, 4.69) is 65.7 Å². The number of benzene rings is 4. The Bertz CT molecular complexity index is 1510. The molecule has 5 rings (SSSR count). The van der Waals surface area contributed by atoms with Crippen molar-refractivity contribution in [3.05, 3.63) is 137 Å². The van der Waals surface area contributed by atoms with Crippen molar-refractivity contribution in [3.8, 4) is 0 Å². The van der Waals surface area contributed by atoms with Crippen LogP contribution in [0.1, 0.15) is 66.4 Å². The SMILES string of the molecule is CC1C(CN(Cc2ccccc2)Cc2ccccc2)OC(c2cccc(NC(=O)CCCC(=O)O)c2)OC1c1ccc(CO)cc1. The van der Waals surface area contributed by atoms with Gasteiger partial charge in [0.1, 0.15) is 0 Å². The number of aliphatic hydroxyl groups excluding tert-OH is 1. The van der Waals surface area contributed by atoms with E-state index >= 15 is 0 Å². The highest BCUT2D eigenvalue weighted by Crippen LogP contribution is 2.42. The summed E-state index contributed by atoms with van der Waals surface area (Å²) >= 11 is 0. The number of carbonyl (C=O) groups excluding carboxylic acids is 1. The monoisotopic (exact) mass is 622 g/mol. The van der Waals surface area contributed by atoms with Crippen molar-refractivity contribution in [3.63, 3.8) is 0 Å². The molecule has 46 heavy (non-hydrogen) atoms. The largest absolute Gasteiger partial charge is 0.481 e. The number of aliphatic carboxylic acids is 1. The molecule has 1 aliphatic heterocycles. The first kappa shape index (κ1) is 33.0. The van der Waals surface area contributed by atoms with Gasteiger partial charge in [-0.3, -0.25) is 14.5 Å². The van der Waals surface area contributed by atoms with E-state index in [1.54, 1.807) is 6.07 Å². The zero-order valence-electron chi connectivity index (χ0n) is 26.1. The average molecular weight is 623 g/mol. The van der Waals surface area contributed by atoms with Gasteiger partial charge < -0.3 is 25.0 Å². The Balaban J connectivity index is 1.40. The summed E-state index contributed by atoms with van der Waals surface area (Å²) in [6.07, 6.45) is -0.818. The van der Waals surface area contributed by atoms with Crippen LogP contribution in [0.5, 0.6) is 0 Å². The lowest BCUT2D eigenvalue weighted by Crippen LogP contribution is -2.44. The molecule has 1 saturated heterocycles. The number of hydrogen-bond donors (Lipinski definition) is 3. The first-order valence-electron chi connectivity index (χ1n) is 15.8. The van der Waals surface area contributed by atoms with E-state index in [0.717, 1.165) is 29.8 Å². The van der Waals surface area contributed by atoms with Crippen LogP contribution >= 0.6 is 0 Å². The number of rotatable bonds is 14. The third kappa shape index (κ3) is 9.34. The Morgan fingerprint density at radius 1 is 0.761 bits per heavy atom. The van der Waals surface area contributed by atoms with Crippen LogP contribution in [0.4, 0.5) is 5.69 Å². The fraction of sp³-hybridized carbons (Fsp3) is 0.316. The molecule has 4 unspecified atom stereocenters. The summed E-state index contributed by atoms with van der Waals surface area (Å²) in [5, 5.41) is 21.4. The maximum Gasteiger partial charge on any atom is 0.303 e. The Morgan fingerprint density at radius 3 is 2.02 bits per heavy atom. The van der Waals surface area contributed by atoms with Gasteiger partial charge in [0.05, 0.1) is 18.8 Å². The quantitative estimate of drug-likeness (QED) is 0.141. The summed E-state index contributed by atoms with van der Waals surface area (Å²) in [5.41, 5.74) is 5.65. The van der Waals surface area contributed by atoms with Crippen LogP contribution in [0.25, 0.3) is 0 Å². The van der Waals surface area contributed by atoms with Gasteiger partial charge in [-0.25, -0.2) is 0 Å². The summed E-state index contributed by atoms with van der Waals surface area (Å²) in [6, 6.07) is 36.1. The lowest BCUT2D eigenvalue weighted by Gasteiger charge is -2.43. The van der Waals surface area contributed by atoms with E-state index in [0.29, 0.717) is 12.2 Å². The fourth-order valence-corrected chi connectivity index (χ4v) is 5.84. The zero-order valence-corrected chi connectivity index (χ0v) is 26.1. The average Bonchev–Trinajstić information content (AvgIpc) is 3.06. The van der Waals surface area contributed by atoms with Crippen LogP contribution in [0.15, 0.2) is 109 Å². The number of ether oxygens (including phenoxy) is 2. The summed E-state index contributed by atoms with van der Waals surface area (Å²) in [5.74, 6) is -1.16. The molecule has 240 valence electrons. The molecule has 8 nitrogen and oxygen atoms in total. The normalized spacial score (nSPS) is 19.5. The fourth-order valence-electron chi connectivity index (χ4n) is 5.84. The minimum absolute atomic E-state index is 0.00222.